The fourth-order valence-electron chi connectivity index (χ4n) is 2.85. The van der Waals surface area contributed by atoms with Gasteiger partial charge in [0, 0.05) is 6.54 Å². The number of hydrogen-bond acceptors (Lipinski definition) is 3. The Kier molecular flexibility index (Phi) is 5.25. The Morgan fingerprint density at radius 1 is 1.47 bits per heavy atom. The number of halogens is 1. The molecule has 1 heterocycles. The molecule has 0 saturated heterocycles. The van der Waals surface area contributed by atoms with Crippen molar-refractivity contribution in [3.63, 3.8) is 0 Å². The molecule has 1 saturated carbocycles. The summed E-state index contributed by atoms with van der Waals surface area (Å²) in [7, 11) is 4.06. The molecule has 1 aromatic rings. The van der Waals surface area contributed by atoms with Crippen molar-refractivity contribution in [2.24, 2.45) is 5.92 Å². The number of aliphatic hydroxyl groups excluding tert-OH is 1. The van der Waals surface area contributed by atoms with Gasteiger partial charge in [-0.2, -0.15) is 5.10 Å². The highest BCUT2D eigenvalue weighted by molar-refractivity contribution is 6.31. The molecule has 0 aliphatic heterocycles. The van der Waals surface area contributed by atoms with E-state index in [0.29, 0.717) is 10.9 Å². The maximum absolute atomic E-state index is 10.4. The first kappa shape index (κ1) is 14.8. The third-order valence-corrected chi connectivity index (χ3v) is 4.23. The second kappa shape index (κ2) is 6.73. The van der Waals surface area contributed by atoms with Gasteiger partial charge >= 0.3 is 0 Å². The molecule has 1 aromatic heterocycles. The van der Waals surface area contributed by atoms with Crippen LogP contribution in [0.4, 0.5) is 0 Å². The Hall–Kier alpha value is -0.580. The zero-order chi connectivity index (χ0) is 13.8. The van der Waals surface area contributed by atoms with Crippen molar-refractivity contribution >= 4 is 11.6 Å². The predicted octanol–water partition coefficient (Wildman–Crippen LogP) is 2.71. The second-order valence-corrected chi connectivity index (χ2v) is 6.21. The highest BCUT2D eigenvalue weighted by Crippen LogP contribution is 2.34. The highest BCUT2D eigenvalue weighted by atomic mass is 35.5. The Morgan fingerprint density at radius 2 is 2.16 bits per heavy atom. The van der Waals surface area contributed by atoms with E-state index in [1.807, 2.05) is 18.8 Å². The molecule has 1 unspecified atom stereocenters. The van der Waals surface area contributed by atoms with Gasteiger partial charge in [-0.3, -0.25) is 4.68 Å². The zero-order valence-electron chi connectivity index (χ0n) is 11.8. The molecule has 4 nitrogen and oxygen atoms in total. The molecule has 1 N–H and O–H groups in total. The monoisotopic (exact) mass is 285 g/mol. The molecular weight excluding hydrogens is 262 g/mol. The summed E-state index contributed by atoms with van der Waals surface area (Å²) < 4.78 is 1.85. The lowest BCUT2D eigenvalue weighted by Gasteiger charge is -2.18. The largest absolute Gasteiger partial charge is 0.387 e. The summed E-state index contributed by atoms with van der Waals surface area (Å²) in [5, 5.41) is 15.3. The van der Waals surface area contributed by atoms with Crippen LogP contribution in [0.1, 0.15) is 43.9 Å². The van der Waals surface area contributed by atoms with E-state index < -0.39 is 6.10 Å². The normalized spacial score (nSPS) is 18.4. The lowest BCUT2D eigenvalue weighted by atomic mass is 9.98. The average Bonchev–Trinajstić information content (AvgIpc) is 2.96. The molecule has 2 rings (SSSR count). The Morgan fingerprint density at radius 3 is 2.79 bits per heavy atom. The first-order valence-electron chi connectivity index (χ1n) is 7.12. The van der Waals surface area contributed by atoms with Gasteiger partial charge in [0.05, 0.1) is 29.6 Å². The molecule has 1 fully saturated rings. The molecule has 108 valence electrons. The predicted molar refractivity (Wildman–Crippen MR) is 77.3 cm³/mol. The number of likely N-dealkylation sites (N-methyl/N-ethyl adjacent to an activating group) is 1. The number of aliphatic hydroxyl groups is 1. The van der Waals surface area contributed by atoms with Crippen LogP contribution in [0, 0.1) is 5.92 Å². The van der Waals surface area contributed by atoms with Crippen molar-refractivity contribution in [1.29, 1.82) is 0 Å². The van der Waals surface area contributed by atoms with Crippen LogP contribution < -0.4 is 0 Å². The minimum absolute atomic E-state index is 0.486. The van der Waals surface area contributed by atoms with Gasteiger partial charge in [0.1, 0.15) is 0 Å². The Balaban J connectivity index is 2.02. The lowest BCUT2D eigenvalue weighted by molar-refractivity contribution is 0.134. The molecule has 0 amide bonds. The summed E-state index contributed by atoms with van der Waals surface area (Å²) in [6.45, 7) is 1.65. The number of nitrogens with zero attached hydrogens (tertiary/aromatic N) is 3. The van der Waals surface area contributed by atoms with E-state index in [1.54, 1.807) is 6.20 Å². The minimum Gasteiger partial charge on any atom is -0.387 e. The van der Waals surface area contributed by atoms with E-state index in [-0.39, 0.29) is 0 Å². The summed E-state index contributed by atoms with van der Waals surface area (Å²) in [6, 6.07) is 0. The summed E-state index contributed by atoms with van der Waals surface area (Å²) in [4.78, 5) is 2.10. The summed E-state index contributed by atoms with van der Waals surface area (Å²) >= 11 is 6.18. The van der Waals surface area contributed by atoms with Crippen LogP contribution in [0.2, 0.25) is 5.02 Å². The Labute approximate surface area is 120 Å². The maximum Gasteiger partial charge on any atom is 0.0974 e. The molecule has 19 heavy (non-hydrogen) atoms. The van der Waals surface area contributed by atoms with Crippen molar-refractivity contribution < 1.29 is 5.11 Å². The number of hydrogen-bond donors (Lipinski definition) is 1. The van der Waals surface area contributed by atoms with Crippen molar-refractivity contribution in [3.8, 4) is 0 Å². The molecule has 0 radical (unpaired) electrons. The highest BCUT2D eigenvalue weighted by Gasteiger charge is 2.24. The van der Waals surface area contributed by atoms with Gasteiger partial charge in [-0.15, -0.1) is 0 Å². The average molecular weight is 286 g/mol. The van der Waals surface area contributed by atoms with Crippen molar-refractivity contribution in [3.05, 3.63) is 16.9 Å². The van der Waals surface area contributed by atoms with E-state index in [0.717, 1.165) is 25.2 Å². The van der Waals surface area contributed by atoms with Crippen LogP contribution in [0.25, 0.3) is 0 Å². The third kappa shape index (κ3) is 3.94. The second-order valence-electron chi connectivity index (χ2n) is 5.81. The summed E-state index contributed by atoms with van der Waals surface area (Å²) in [6.07, 6.45) is 7.04. The van der Waals surface area contributed by atoms with Crippen molar-refractivity contribution in [1.82, 2.24) is 14.7 Å². The zero-order valence-corrected chi connectivity index (χ0v) is 12.6. The van der Waals surface area contributed by atoms with Crippen LogP contribution in [0.15, 0.2) is 6.20 Å². The summed E-state index contributed by atoms with van der Waals surface area (Å²) in [5.74, 6) is 0.642. The van der Waals surface area contributed by atoms with Gasteiger partial charge in [0.15, 0.2) is 0 Å². The fourth-order valence-corrected chi connectivity index (χ4v) is 3.12. The maximum atomic E-state index is 10.4. The molecule has 5 heteroatoms. The van der Waals surface area contributed by atoms with Gasteiger partial charge in [-0.05, 0) is 26.4 Å². The molecule has 1 aliphatic carbocycles. The molecule has 0 bridgehead atoms. The molecular formula is C14H24ClN3O. The number of aromatic nitrogens is 2. The van der Waals surface area contributed by atoms with E-state index in [2.05, 4.69) is 10.00 Å². The van der Waals surface area contributed by atoms with Crippen LogP contribution in [0.3, 0.4) is 0 Å². The smallest absolute Gasteiger partial charge is 0.0974 e. The van der Waals surface area contributed by atoms with Gasteiger partial charge in [0.25, 0.3) is 0 Å². The van der Waals surface area contributed by atoms with E-state index in [1.165, 1.54) is 25.7 Å². The quantitative estimate of drug-likeness (QED) is 0.874. The Bertz CT molecular complexity index is 399. The van der Waals surface area contributed by atoms with E-state index >= 15 is 0 Å². The van der Waals surface area contributed by atoms with Gasteiger partial charge < -0.3 is 10.0 Å². The van der Waals surface area contributed by atoms with E-state index in [9.17, 15) is 5.11 Å². The van der Waals surface area contributed by atoms with Gasteiger partial charge in [-0.1, -0.05) is 37.3 Å². The first-order chi connectivity index (χ1) is 9.08. The van der Waals surface area contributed by atoms with Gasteiger partial charge in [-0.25, -0.2) is 0 Å². The topological polar surface area (TPSA) is 41.3 Å². The van der Waals surface area contributed by atoms with Crippen LogP contribution >= 0.6 is 11.6 Å². The van der Waals surface area contributed by atoms with Crippen molar-refractivity contribution in [2.45, 2.75) is 44.8 Å². The van der Waals surface area contributed by atoms with Crippen molar-refractivity contribution in [2.75, 3.05) is 20.6 Å². The molecule has 0 spiro atoms. The first-order valence-corrected chi connectivity index (χ1v) is 7.49. The molecule has 1 aliphatic rings. The number of rotatable bonds is 6. The van der Waals surface area contributed by atoms with Crippen LogP contribution in [-0.2, 0) is 6.54 Å². The van der Waals surface area contributed by atoms with Crippen LogP contribution in [-0.4, -0.2) is 40.4 Å². The molecule has 0 aromatic carbocycles. The third-order valence-electron chi connectivity index (χ3n) is 3.94. The SMILES string of the molecule is CN(C)CCn1ncc(Cl)c1C(O)CC1CCCC1. The van der Waals surface area contributed by atoms with Crippen LogP contribution in [0.5, 0.6) is 0 Å². The van der Waals surface area contributed by atoms with Gasteiger partial charge in [0.2, 0.25) is 0 Å². The van der Waals surface area contributed by atoms with E-state index in [4.69, 9.17) is 11.6 Å². The summed E-state index contributed by atoms with van der Waals surface area (Å²) in [5.41, 5.74) is 0.787. The standard InChI is InChI=1S/C14H24ClN3O/c1-17(2)7-8-18-14(12(15)10-16-18)13(19)9-11-5-3-4-6-11/h10-11,13,19H,3-9H2,1-2H3. The minimum atomic E-state index is -0.486. The molecule has 1 atom stereocenters. The fraction of sp³-hybridized carbons (Fsp3) is 0.786. The lowest BCUT2D eigenvalue weighted by Crippen LogP contribution is -2.21.